The zero-order valence-corrected chi connectivity index (χ0v) is 20.1. The molecule has 6 nitrogen and oxygen atoms in total. The van der Waals surface area contributed by atoms with Crippen LogP contribution < -0.4 is 4.74 Å². The van der Waals surface area contributed by atoms with Gasteiger partial charge in [0.05, 0.1) is 30.4 Å². The second-order valence-corrected chi connectivity index (χ2v) is 9.54. The lowest BCUT2D eigenvalue weighted by Gasteiger charge is -2.29. The van der Waals surface area contributed by atoms with Gasteiger partial charge in [-0.3, -0.25) is 9.97 Å². The average Bonchev–Trinajstić information content (AvgIpc) is 2.82. The molecule has 0 bridgehead atoms. The first-order chi connectivity index (χ1) is 16.3. The van der Waals surface area contributed by atoms with Gasteiger partial charge in [-0.15, -0.1) is 0 Å². The molecule has 0 spiro atoms. The zero-order valence-electron chi connectivity index (χ0n) is 20.1. The van der Waals surface area contributed by atoms with Gasteiger partial charge in [-0.2, -0.15) is 0 Å². The second kappa shape index (κ2) is 8.37. The number of aromatic nitrogens is 2. The highest BCUT2D eigenvalue weighted by atomic mass is 16.6. The number of ether oxygens (including phenoxy) is 3. The van der Waals surface area contributed by atoms with Crippen molar-refractivity contribution in [1.29, 1.82) is 0 Å². The molecule has 1 atom stereocenters. The molecule has 0 saturated carbocycles. The van der Waals surface area contributed by atoms with Gasteiger partial charge in [0.1, 0.15) is 5.75 Å². The summed E-state index contributed by atoms with van der Waals surface area (Å²) in [4.78, 5) is 22.7. The molecule has 0 amide bonds. The lowest BCUT2D eigenvalue weighted by molar-refractivity contribution is -0.164. The molecular formula is C28H28N2O4. The third-order valence-electron chi connectivity index (χ3n) is 6.11. The van der Waals surface area contributed by atoms with Crippen LogP contribution in [-0.4, -0.2) is 35.3 Å². The molecule has 1 aliphatic rings. The van der Waals surface area contributed by atoms with Gasteiger partial charge in [-0.05, 0) is 57.5 Å². The normalized spacial score (nSPS) is 14.1. The Bertz CT molecular complexity index is 1410. The van der Waals surface area contributed by atoms with E-state index in [9.17, 15) is 4.79 Å². The highest BCUT2D eigenvalue weighted by Crippen LogP contribution is 2.44. The van der Waals surface area contributed by atoms with Gasteiger partial charge in [0.2, 0.25) is 0 Å². The Kier molecular flexibility index (Phi) is 5.48. The van der Waals surface area contributed by atoms with Crippen molar-refractivity contribution in [2.24, 2.45) is 0 Å². The molecular weight excluding hydrogens is 428 g/mol. The number of methoxy groups -OCH3 is 1. The van der Waals surface area contributed by atoms with E-state index in [1.165, 1.54) is 12.7 Å². The lowest BCUT2D eigenvalue weighted by Crippen LogP contribution is -2.29. The molecule has 4 aromatic rings. The number of hydrogen-bond acceptors (Lipinski definition) is 6. The van der Waals surface area contributed by atoms with Crippen LogP contribution in [0.1, 0.15) is 43.7 Å². The summed E-state index contributed by atoms with van der Waals surface area (Å²) in [5, 5.41) is 1.94. The van der Waals surface area contributed by atoms with E-state index < -0.39 is 17.7 Å². The maximum atomic E-state index is 13.1. The van der Waals surface area contributed by atoms with Crippen molar-refractivity contribution in [1.82, 2.24) is 9.97 Å². The molecule has 2 aromatic heterocycles. The first-order valence-electron chi connectivity index (χ1n) is 11.5. The SMILES string of the molecule is COC(=O)[C@@H](OC(C)(C)C)c1c(C)nc2ccccc2c1-c1ccc2c3c(ccnc13)CCO2. The van der Waals surface area contributed by atoms with Gasteiger partial charge in [0, 0.05) is 45.8 Å². The van der Waals surface area contributed by atoms with Crippen molar-refractivity contribution in [2.45, 2.75) is 45.8 Å². The van der Waals surface area contributed by atoms with Crippen molar-refractivity contribution in [2.75, 3.05) is 13.7 Å². The van der Waals surface area contributed by atoms with Crippen LogP contribution in [0.2, 0.25) is 0 Å². The quantitative estimate of drug-likeness (QED) is 0.366. The number of carbonyl (C=O) groups excluding carboxylic acids is 1. The minimum absolute atomic E-state index is 0.463. The summed E-state index contributed by atoms with van der Waals surface area (Å²) in [5.41, 5.74) is 5.50. The molecule has 0 unspecified atom stereocenters. The lowest BCUT2D eigenvalue weighted by atomic mass is 9.88. The number of nitrogens with zero attached hydrogens (tertiary/aromatic N) is 2. The molecule has 174 valence electrons. The fourth-order valence-corrected chi connectivity index (χ4v) is 4.75. The number of esters is 1. The van der Waals surface area contributed by atoms with Crippen molar-refractivity contribution < 1.29 is 19.0 Å². The average molecular weight is 457 g/mol. The number of carbonyl (C=O) groups is 1. The summed E-state index contributed by atoms with van der Waals surface area (Å²) in [6.45, 7) is 8.34. The van der Waals surface area contributed by atoms with Crippen molar-refractivity contribution >= 4 is 27.8 Å². The van der Waals surface area contributed by atoms with Crippen molar-refractivity contribution in [3.05, 3.63) is 65.5 Å². The second-order valence-electron chi connectivity index (χ2n) is 9.54. The molecule has 0 aliphatic carbocycles. The zero-order chi connectivity index (χ0) is 24.0. The van der Waals surface area contributed by atoms with Crippen LogP contribution in [0.15, 0.2) is 48.7 Å². The summed E-state index contributed by atoms with van der Waals surface area (Å²) >= 11 is 0. The highest BCUT2D eigenvalue weighted by Gasteiger charge is 2.34. The van der Waals surface area contributed by atoms with Crippen LogP contribution in [0.4, 0.5) is 0 Å². The van der Waals surface area contributed by atoms with E-state index in [0.29, 0.717) is 17.9 Å². The predicted molar refractivity (Wildman–Crippen MR) is 132 cm³/mol. The summed E-state index contributed by atoms with van der Waals surface area (Å²) in [6, 6.07) is 14.0. The Morgan fingerprint density at radius 3 is 2.68 bits per heavy atom. The van der Waals surface area contributed by atoms with Crippen LogP contribution >= 0.6 is 0 Å². The van der Waals surface area contributed by atoms with Crippen molar-refractivity contribution in [3.63, 3.8) is 0 Å². The maximum absolute atomic E-state index is 13.1. The van der Waals surface area contributed by atoms with Gasteiger partial charge in [-0.1, -0.05) is 18.2 Å². The number of benzene rings is 2. The van der Waals surface area contributed by atoms with Gasteiger partial charge in [0.25, 0.3) is 0 Å². The Balaban J connectivity index is 1.90. The molecule has 0 fully saturated rings. The van der Waals surface area contributed by atoms with Gasteiger partial charge in [0.15, 0.2) is 6.10 Å². The first-order valence-corrected chi connectivity index (χ1v) is 11.5. The molecule has 6 heteroatoms. The Hall–Kier alpha value is -3.51. The molecule has 34 heavy (non-hydrogen) atoms. The summed E-state index contributed by atoms with van der Waals surface area (Å²) < 4.78 is 17.4. The Morgan fingerprint density at radius 1 is 1.12 bits per heavy atom. The molecule has 5 rings (SSSR count). The minimum atomic E-state index is -0.945. The monoisotopic (exact) mass is 456 g/mol. The fraction of sp³-hybridized carbons (Fsp3) is 0.321. The van der Waals surface area contributed by atoms with Crippen LogP contribution in [0.5, 0.6) is 5.75 Å². The molecule has 2 aromatic carbocycles. The molecule has 3 heterocycles. The maximum Gasteiger partial charge on any atom is 0.339 e. The number of pyridine rings is 2. The van der Waals surface area contributed by atoms with E-state index in [0.717, 1.165) is 45.1 Å². The van der Waals surface area contributed by atoms with Gasteiger partial charge < -0.3 is 14.2 Å². The fourth-order valence-electron chi connectivity index (χ4n) is 4.75. The third-order valence-corrected chi connectivity index (χ3v) is 6.11. The van der Waals surface area contributed by atoms with Crippen LogP contribution in [0.25, 0.3) is 32.9 Å². The Morgan fingerprint density at radius 2 is 1.91 bits per heavy atom. The van der Waals surface area contributed by atoms with Crippen LogP contribution in [-0.2, 0) is 20.7 Å². The highest BCUT2D eigenvalue weighted by molar-refractivity contribution is 6.07. The van der Waals surface area contributed by atoms with E-state index >= 15 is 0 Å². The Labute approximate surface area is 198 Å². The summed E-state index contributed by atoms with van der Waals surface area (Å²) in [5.74, 6) is 0.371. The van der Waals surface area contributed by atoms with E-state index in [1.54, 1.807) is 0 Å². The van der Waals surface area contributed by atoms with E-state index in [1.807, 2.05) is 70.3 Å². The molecule has 0 saturated heterocycles. The largest absolute Gasteiger partial charge is 0.493 e. The standard InChI is InChI=1S/C28H28N2O4/c1-16-22(26(27(31)32-5)34-28(2,3)4)24(18-8-6-7-9-20(18)30-16)19-10-11-21-23-17(13-15-33-21)12-14-29-25(19)23/h6-12,14,26H,13,15H2,1-5H3/t26-/m0/s1. The van der Waals surface area contributed by atoms with E-state index in [2.05, 4.69) is 6.07 Å². The number of rotatable bonds is 4. The molecule has 1 aliphatic heterocycles. The molecule has 0 radical (unpaired) electrons. The molecule has 0 N–H and O–H groups in total. The van der Waals surface area contributed by atoms with E-state index in [4.69, 9.17) is 24.2 Å². The topological polar surface area (TPSA) is 70.5 Å². The summed E-state index contributed by atoms with van der Waals surface area (Å²) in [6.07, 6.45) is 1.73. The number of fused-ring (bicyclic) bond motifs is 1. The number of aryl methyl sites for hydroxylation is 1. The summed E-state index contributed by atoms with van der Waals surface area (Å²) in [7, 11) is 1.38. The third kappa shape index (κ3) is 3.78. The van der Waals surface area contributed by atoms with Gasteiger partial charge >= 0.3 is 5.97 Å². The van der Waals surface area contributed by atoms with Gasteiger partial charge in [-0.25, -0.2) is 4.79 Å². The van der Waals surface area contributed by atoms with Crippen molar-refractivity contribution in [3.8, 4) is 16.9 Å². The minimum Gasteiger partial charge on any atom is -0.493 e. The predicted octanol–water partition coefficient (Wildman–Crippen LogP) is 5.72. The van der Waals surface area contributed by atoms with Crippen LogP contribution in [0, 0.1) is 6.92 Å². The first kappa shape index (κ1) is 22.3. The number of hydrogen-bond donors (Lipinski definition) is 0. The number of para-hydroxylation sites is 1. The van der Waals surface area contributed by atoms with Crippen LogP contribution in [0.3, 0.4) is 0 Å². The van der Waals surface area contributed by atoms with E-state index in [-0.39, 0.29) is 0 Å². The smallest absolute Gasteiger partial charge is 0.339 e.